The Balaban J connectivity index is 2.55. The number of rotatable bonds is 3. The fraction of sp³-hybridized carbons (Fsp3) is 0.909. The van der Waals surface area contributed by atoms with Crippen LogP contribution in [0.1, 0.15) is 40.0 Å². The Bertz CT molecular complexity index is 236. The van der Waals surface area contributed by atoms with Crippen LogP contribution in [-0.2, 0) is 4.79 Å². The molecule has 1 atom stereocenters. The fourth-order valence-corrected chi connectivity index (χ4v) is 1.66. The maximum atomic E-state index is 11.8. The van der Waals surface area contributed by atoms with Crippen LogP contribution < -0.4 is 11.1 Å². The van der Waals surface area contributed by atoms with Crippen molar-refractivity contribution in [3.05, 3.63) is 0 Å². The third kappa shape index (κ3) is 2.69. The van der Waals surface area contributed by atoms with E-state index in [9.17, 15) is 9.90 Å². The SMILES string of the molecule is CC(C)(C)[C@H](N)C(=O)NC1(CO)CCC1. The molecule has 0 aromatic carbocycles. The van der Waals surface area contributed by atoms with Crippen LogP contribution in [0, 0.1) is 5.41 Å². The Morgan fingerprint density at radius 2 is 2.07 bits per heavy atom. The van der Waals surface area contributed by atoms with Crippen molar-refractivity contribution >= 4 is 5.91 Å². The Morgan fingerprint density at radius 3 is 2.33 bits per heavy atom. The highest BCUT2D eigenvalue weighted by molar-refractivity contribution is 5.83. The van der Waals surface area contributed by atoms with Crippen LogP contribution in [-0.4, -0.2) is 29.2 Å². The van der Waals surface area contributed by atoms with Crippen LogP contribution in [0.15, 0.2) is 0 Å². The zero-order valence-corrected chi connectivity index (χ0v) is 9.84. The highest BCUT2D eigenvalue weighted by Gasteiger charge is 2.40. The maximum absolute atomic E-state index is 11.8. The molecule has 15 heavy (non-hydrogen) atoms. The van der Waals surface area contributed by atoms with Gasteiger partial charge in [0.2, 0.25) is 5.91 Å². The van der Waals surface area contributed by atoms with Gasteiger partial charge < -0.3 is 16.2 Å². The number of hydrogen-bond acceptors (Lipinski definition) is 3. The molecule has 4 nitrogen and oxygen atoms in total. The van der Waals surface area contributed by atoms with E-state index in [0.29, 0.717) is 0 Å². The van der Waals surface area contributed by atoms with Gasteiger partial charge in [0, 0.05) is 0 Å². The van der Waals surface area contributed by atoms with E-state index >= 15 is 0 Å². The van der Waals surface area contributed by atoms with Crippen LogP contribution in [0.25, 0.3) is 0 Å². The Labute approximate surface area is 91.2 Å². The number of carbonyl (C=O) groups excluding carboxylic acids is 1. The van der Waals surface area contributed by atoms with Gasteiger partial charge in [0.1, 0.15) is 0 Å². The molecule has 1 amide bonds. The van der Waals surface area contributed by atoms with E-state index in [1.165, 1.54) is 0 Å². The van der Waals surface area contributed by atoms with Crippen molar-refractivity contribution < 1.29 is 9.90 Å². The van der Waals surface area contributed by atoms with Gasteiger partial charge in [-0.1, -0.05) is 20.8 Å². The second kappa shape index (κ2) is 4.10. The van der Waals surface area contributed by atoms with Gasteiger partial charge in [-0.2, -0.15) is 0 Å². The normalized spacial score (nSPS) is 21.7. The quantitative estimate of drug-likeness (QED) is 0.636. The van der Waals surface area contributed by atoms with Gasteiger partial charge in [-0.15, -0.1) is 0 Å². The van der Waals surface area contributed by atoms with Gasteiger partial charge >= 0.3 is 0 Å². The molecule has 0 heterocycles. The molecule has 0 aromatic rings. The topological polar surface area (TPSA) is 75.4 Å². The number of aliphatic hydroxyl groups is 1. The summed E-state index contributed by atoms with van der Waals surface area (Å²) in [5, 5.41) is 12.1. The van der Waals surface area contributed by atoms with Crippen LogP contribution in [0.3, 0.4) is 0 Å². The number of amides is 1. The molecule has 1 saturated carbocycles. The molecule has 1 rings (SSSR count). The van der Waals surface area contributed by atoms with Gasteiger partial charge in [-0.05, 0) is 24.7 Å². The van der Waals surface area contributed by atoms with Crippen molar-refractivity contribution in [2.24, 2.45) is 11.1 Å². The van der Waals surface area contributed by atoms with E-state index in [1.807, 2.05) is 20.8 Å². The summed E-state index contributed by atoms with van der Waals surface area (Å²) in [5.74, 6) is -0.156. The average Bonchev–Trinajstić information content (AvgIpc) is 2.08. The van der Waals surface area contributed by atoms with E-state index < -0.39 is 6.04 Å². The molecule has 1 aliphatic carbocycles. The number of aliphatic hydroxyl groups excluding tert-OH is 1. The summed E-state index contributed by atoms with van der Waals surface area (Å²) in [5.41, 5.74) is 5.21. The summed E-state index contributed by atoms with van der Waals surface area (Å²) < 4.78 is 0. The molecule has 0 spiro atoms. The molecule has 0 aromatic heterocycles. The third-order valence-corrected chi connectivity index (χ3v) is 3.22. The van der Waals surface area contributed by atoms with Crippen molar-refractivity contribution in [3.63, 3.8) is 0 Å². The number of carbonyl (C=O) groups is 1. The third-order valence-electron chi connectivity index (χ3n) is 3.22. The lowest BCUT2D eigenvalue weighted by atomic mass is 9.76. The predicted molar refractivity (Wildman–Crippen MR) is 59.2 cm³/mol. The Morgan fingerprint density at radius 1 is 1.53 bits per heavy atom. The number of hydrogen-bond donors (Lipinski definition) is 3. The molecule has 88 valence electrons. The Kier molecular flexibility index (Phi) is 3.41. The molecular formula is C11H22N2O2. The summed E-state index contributed by atoms with van der Waals surface area (Å²) in [7, 11) is 0. The van der Waals surface area contributed by atoms with Crippen molar-refractivity contribution in [1.29, 1.82) is 0 Å². The highest BCUT2D eigenvalue weighted by atomic mass is 16.3. The maximum Gasteiger partial charge on any atom is 0.237 e. The van der Waals surface area contributed by atoms with Gasteiger partial charge in [0.15, 0.2) is 0 Å². The van der Waals surface area contributed by atoms with Gasteiger partial charge in [-0.3, -0.25) is 4.79 Å². The summed E-state index contributed by atoms with van der Waals surface area (Å²) in [4.78, 5) is 11.8. The minimum absolute atomic E-state index is 0.00953. The van der Waals surface area contributed by atoms with Gasteiger partial charge in [-0.25, -0.2) is 0 Å². The lowest BCUT2D eigenvalue weighted by Crippen LogP contribution is -2.61. The second-order valence-electron chi connectivity index (χ2n) is 5.62. The van der Waals surface area contributed by atoms with Crippen molar-refractivity contribution in [3.8, 4) is 0 Å². The van der Waals surface area contributed by atoms with Crippen LogP contribution in [0.5, 0.6) is 0 Å². The van der Waals surface area contributed by atoms with Crippen LogP contribution in [0.4, 0.5) is 0 Å². The van der Waals surface area contributed by atoms with Crippen LogP contribution >= 0.6 is 0 Å². The van der Waals surface area contributed by atoms with E-state index in [-0.39, 0.29) is 23.5 Å². The summed E-state index contributed by atoms with van der Waals surface area (Å²) in [6.07, 6.45) is 2.77. The smallest absolute Gasteiger partial charge is 0.237 e. The second-order valence-corrected chi connectivity index (χ2v) is 5.62. The number of nitrogens with one attached hydrogen (secondary N) is 1. The summed E-state index contributed by atoms with van der Waals surface area (Å²) >= 11 is 0. The molecule has 4 heteroatoms. The van der Waals surface area contributed by atoms with E-state index in [2.05, 4.69) is 5.32 Å². The lowest BCUT2D eigenvalue weighted by Gasteiger charge is -2.42. The summed E-state index contributed by atoms with van der Waals surface area (Å²) in [6, 6.07) is -0.526. The Hall–Kier alpha value is -0.610. The predicted octanol–water partition coefficient (Wildman–Crippen LogP) is 0.391. The van der Waals surface area contributed by atoms with E-state index in [4.69, 9.17) is 5.73 Å². The zero-order chi connectivity index (χ0) is 11.7. The number of nitrogens with two attached hydrogens (primary N) is 1. The zero-order valence-electron chi connectivity index (χ0n) is 9.84. The molecule has 0 saturated heterocycles. The standard InChI is InChI=1S/C11H22N2O2/c1-10(2,3)8(12)9(15)13-11(7-14)5-4-6-11/h8,14H,4-7,12H2,1-3H3,(H,13,15)/t8-/m1/s1. The van der Waals surface area contributed by atoms with E-state index in [0.717, 1.165) is 19.3 Å². The van der Waals surface area contributed by atoms with E-state index in [1.54, 1.807) is 0 Å². The molecule has 0 unspecified atom stereocenters. The van der Waals surface area contributed by atoms with Gasteiger partial charge in [0.05, 0.1) is 18.2 Å². The van der Waals surface area contributed by atoms with Crippen LogP contribution in [0.2, 0.25) is 0 Å². The molecule has 1 aliphatic rings. The molecule has 1 fully saturated rings. The largest absolute Gasteiger partial charge is 0.394 e. The van der Waals surface area contributed by atoms with Crippen molar-refractivity contribution in [2.45, 2.75) is 51.6 Å². The van der Waals surface area contributed by atoms with Crippen molar-refractivity contribution in [1.82, 2.24) is 5.32 Å². The highest BCUT2D eigenvalue weighted by Crippen LogP contribution is 2.31. The first-order valence-electron chi connectivity index (χ1n) is 5.49. The first-order chi connectivity index (χ1) is 6.81. The lowest BCUT2D eigenvalue weighted by molar-refractivity contribution is -0.128. The summed E-state index contributed by atoms with van der Waals surface area (Å²) in [6.45, 7) is 5.81. The van der Waals surface area contributed by atoms with Crippen molar-refractivity contribution in [2.75, 3.05) is 6.61 Å². The molecular weight excluding hydrogens is 192 g/mol. The fourth-order valence-electron chi connectivity index (χ4n) is 1.66. The first kappa shape index (κ1) is 12.5. The molecule has 0 aliphatic heterocycles. The minimum Gasteiger partial charge on any atom is -0.394 e. The monoisotopic (exact) mass is 214 g/mol. The minimum atomic E-state index is -0.526. The molecule has 0 bridgehead atoms. The molecule has 0 radical (unpaired) electrons. The first-order valence-corrected chi connectivity index (χ1v) is 5.49. The molecule has 4 N–H and O–H groups in total. The average molecular weight is 214 g/mol. The van der Waals surface area contributed by atoms with Gasteiger partial charge in [0.25, 0.3) is 0 Å².